The van der Waals surface area contributed by atoms with Crippen LogP contribution in [0.3, 0.4) is 0 Å². The fraction of sp³-hybridized carbons (Fsp3) is 0.857. The summed E-state index contributed by atoms with van der Waals surface area (Å²) in [5.74, 6) is -0.618. The predicted molar refractivity (Wildman–Crippen MR) is 35.2 cm³/mol. The average molecular weight is 142 g/mol. The fourth-order valence-corrected chi connectivity index (χ4v) is 1.33. The van der Waals surface area contributed by atoms with Crippen molar-refractivity contribution in [1.29, 1.82) is 0 Å². The standard InChI is InChI=1S/C7H13NO2/c9-7(10)4-6-2-1-3-8-5-6/h6,8H,1-5H2,(H,9,10)/p-1. The second-order valence-electron chi connectivity index (χ2n) is 2.79. The van der Waals surface area contributed by atoms with Crippen LogP contribution in [-0.4, -0.2) is 19.1 Å². The van der Waals surface area contributed by atoms with Crippen molar-refractivity contribution in [3.63, 3.8) is 0 Å². The molecule has 0 saturated carbocycles. The lowest BCUT2D eigenvalue weighted by Crippen LogP contribution is -2.34. The van der Waals surface area contributed by atoms with Crippen LogP contribution in [0.1, 0.15) is 19.3 Å². The van der Waals surface area contributed by atoms with E-state index in [-0.39, 0.29) is 6.42 Å². The largest absolute Gasteiger partial charge is 0.550 e. The lowest BCUT2D eigenvalue weighted by Gasteiger charge is -2.22. The third-order valence-corrected chi connectivity index (χ3v) is 1.85. The molecule has 1 rings (SSSR count). The van der Waals surface area contributed by atoms with Gasteiger partial charge in [0.2, 0.25) is 0 Å². The van der Waals surface area contributed by atoms with Gasteiger partial charge in [0.05, 0.1) is 0 Å². The van der Waals surface area contributed by atoms with Crippen molar-refractivity contribution in [2.45, 2.75) is 19.3 Å². The van der Waals surface area contributed by atoms with Crippen molar-refractivity contribution < 1.29 is 9.90 Å². The maximum absolute atomic E-state index is 10.1. The lowest BCUT2D eigenvalue weighted by molar-refractivity contribution is -0.306. The molecule has 58 valence electrons. The summed E-state index contributed by atoms with van der Waals surface area (Å²) in [5.41, 5.74) is 0. The van der Waals surface area contributed by atoms with E-state index in [1.165, 1.54) is 0 Å². The number of aliphatic carboxylic acids is 1. The average Bonchev–Trinajstić information content (AvgIpc) is 1.88. The van der Waals surface area contributed by atoms with E-state index in [4.69, 9.17) is 0 Å². The monoisotopic (exact) mass is 142 g/mol. The van der Waals surface area contributed by atoms with Gasteiger partial charge in [0.15, 0.2) is 0 Å². The van der Waals surface area contributed by atoms with Crippen molar-refractivity contribution in [1.82, 2.24) is 5.32 Å². The Morgan fingerprint density at radius 3 is 3.00 bits per heavy atom. The zero-order valence-corrected chi connectivity index (χ0v) is 5.93. The Morgan fingerprint density at radius 2 is 2.50 bits per heavy atom. The van der Waals surface area contributed by atoms with Crippen LogP contribution in [0.15, 0.2) is 0 Å². The Bertz CT molecular complexity index is 119. The third-order valence-electron chi connectivity index (χ3n) is 1.85. The first-order valence-electron chi connectivity index (χ1n) is 3.69. The van der Waals surface area contributed by atoms with Gasteiger partial charge in [-0.2, -0.15) is 0 Å². The summed E-state index contributed by atoms with van der Waals surface area (Å²) in [4.78, 5) is 10.1. The first kappa shape index (κ1) is 7.54. The van der Waals surface area contributed by atoms with Crippen LogP contribution in [0.2, 0.25) is 0 Å². The maximum Gasteiger partial charge on any atom is 0.0417 e. The number of carboxylic acid groups (broad SMARTS) is 1. The molecule has 10 heavy (non-hydrogen) atoms. The highest BCUT2D eigenvalue weighted by Crippen LogP contribution is 2.12. The summed E-state index contributed by atoms with van der Waals surface area (Å²) >= 11 is 0. The summed E-state index contributed by atoms with van der Waals surface area (Å²) in [6, 6.07) is 0. The summed E-state index contributed by atoms with van der Waals surface area (Å²) in [5, 5.41) is 13.3. The van der Waals surface area contributed by atoms with Gasteiger partial charge in [-0.3, -0.25) is 0 Å². The maximum atomic E-state index is 10.1. The normalized spacial score (nSPS) is 26.2. The van der Waals surface area contributed by atoms with Gasteiger partial charge >= 0.3 is 0 Å². The van der Waals surface area contributed by atoms with Gasteiger partial charge < -0.3 is 15.2 Å². The van der Waals surface area contributed by atoms with E-state index >= 15 is 0 Å². The van der Waals surface area contributed by atoms with Gasteiger partial charge in [0.25, 0.3) is 0 Å². The van der Waals surface area contributed by atoms with Crippen LogP contribution < -0.4 is 10.4 Å². The first-order chi connectivity index (χ1) is 4.79. The molecule has 0 amide bonds. The number of hydrogen-bond acceptors (Lipinski definition) is 3. The van der Waals surface area contributed by atoms with E-state index in [9.17, 15) is 9.90 Å². The molecule has 0 aromatic rings. The molecule has 1 fully saturated rings. The molecular weight excluding hydrogens is 130 g/mol. The lowest BCUT2D eigenvalue weighted by atomic mass is 9.96. The first-order valence-corrected chi connectivity index (χ1v) is 3.69. The molecule has 1 N–H and O–H groups in total. The van der Waals surface area contributed by atoms with Crippen molar-refractivity contribution in [2.75, 3.05) is 13.1 Å². The van der Waals surface area contributed by atoms with Crippen LogP contribution in [0.5, 0.6) is 0 Å². The van der Waals surface area contributed by atoms with Crippen molar-refractivity contribution in [3.8, 4) is 0 Å². The van der Waals surface area contributed by atoms with Crippen LogP contribution in [-0.2, 0) is 4.79 Å². The van der Waals surface area contributed by atoms with Gasteiger partial charge in [-0.25, -0.2) is 0 Å². The number of nitrogens with one attached hydrogen (secondary N) is 1. The molecule has 0 aromatic heterocycles. The predicted octanol–water partition coefficient (Wildman–Crippen LogP) is -0.874. The van der Waals surface area contributed by atoms with Gasteiger partial charge in [-0.05, 0) is 38.3 Å². The topological polar surface area (TPSA) is 52.2 Å². The number of rotatable bonds is 2. The smallest absolute Gasteiger partial charge is 0.0417 e. The van der Waals surface area contributed by atoms with E-state index in [1.54, 1.807) is 0 Å². The Balaban J connectivity index is 2.19. The van der Waals surface area contributed by atoms with E-state index in [0.29, 0.717) is 5.92 Å². The minimum absolute atomic E-state index is 0.215. The zero-order valence-electron chi connectivity index (χ0n) is 5.93. The number of carbonyl (C=O) groups excluding carboxylic acids is 1. The van der Waals surface area contributed by atoms with Gasteiger partial charge in [-0.1, -0.05) is 0 Å². The molecule has 0 radical (unpaired) electrons. The van der Waals surface area contributed by atoms with Crippen molar-refractivity contribution in [2.24, 2.45) is 5.92 Å². The highest BCUT2D eigenvalue weighted by molar-refractivity contribution is 5.64. The number of hydrogen-bond donors (Lipinski definition) is 1. The Labute approximate surface area is 60.4 Å². The highest BCUT2D eigenvalue weighted by atomic mass is 16.4. The minimum atomic E-state index is -0.922. The Morgan fingerprint density at radius 1 is 1.70 bits per heavy atom. The summed E-state index contributed by atoms with van der Waals surface area (Å²) in [6.45, 7) is 1.87. The molecule has 0 aromatic carbocycles. The molecule has 3 heteroatoms. The number of piperidine rings is 1. The van der Waals surface area contributed by atoms with Crippen molar-refractivity contribution >= 4 is 5.97 Å². The molecule has 0 spiro atoms. The molecule has 0 aliphatic carbocycles. The SMILES string of the molecule is O=C([O-])CC1CCCNC1. The molecule has 0 bridgehead atoms. The van der Waals surface area contributed by atoms with Crippen LogP contribution in [0.25, 0.3) is 0 Å². The third kappa shape index (κ3) is 2.35. The summed E-state index contributed by atoms with van der Waals surface area (Å²) in [6.07, 6.45) is 2.34. The van der Waals surface area contributed by atoms with Gasteiger partial charge in [0, 0.05) is 5.97 Å². The molecule has 1 heterocycles. The van der Waals surface area contributed by atoms with E-state index < -0.39 is 5.97 Å². The number of carboxylic acids is 1. The number of carbonyl (C=O) groups is 1. The second kappa shape index (κ2) is 3.56. The van der Waals surface area contributed by atoms with E-state index in [2.05, 4.69) is 5.32 Å². The van der Waals surface area contributed by atoms with Gasteiger partial charge in [0.1, 0.15) is 0 Å². The Kier molecular flexibility index (Phi) is 2.68. The molecule has 1 atom stereocenters. The summed E-state index contributed by atoms with van der Waals surface area (Å²) < 4.78 is 0. The minimum Gasteiger partial charge on any atom is -0.550 e. The molecular formula is C7H12NO2-. The molecule has 1 unspecified atom stereocenters. The van der Waals surface area contributed by atoms with Crippen LogP contribution >= 0.6 is 0 Å². The zero-order chi connectivity index (χ0) is 7.40. The highest BCUT2D eigenvalue weighted by Gasteiger charge is 2.11. The quantitative estimate of drug-likeness (QED) is 0.545. The molecule has 3 nitrogen and oxygen atoms in total. The Hall–Kier alpha value is -0.570. The van der Waals surface area contributed by atoms with E-state index in [1.807, 2.05) is 0 Å². The summed E-state index contributed by atoms with van der Waals surface area (Å²) in [7, 11) is 0. The van der Waals surface area contributed by atoms with Crippen LogP contribution in [0, 0.1) is 5.92 Å². The molecule has 1 saturated heterocycles. The molecule has 1 aliphatic rings. The van der Waals surface area contributed by atoms with Crippen molar-refractivity contribution in [3.05, 3.63) is 0 Å². The van der Waals surface area contributed by atoms with Gasteiger partial charge in [-0.15, -0.1) is 0 Å². The second-order valence-corrected chi connectivity index (χ2v) is 2.79. The van der Waals surface area contributed by atoms with Crippen LogP contribution in [0.4, 0.5) is 0 Å². The van der Waals surface area contributed by atoms with E-state index in [0.717, 1.165) is 25.9 Å². The fourth-order valence-electron chi connectivity index (χ4n) is 1.33. The molecule has 1 aliphatic heterocycles.